The zero-order valence-electron chi connectivity index (χ0n) is 3.94. The third kappa shape index (κ3) is 0.558. The van der Waals surface area contributed by atoms with E-state index in [9.17, 15) is 20.5 Å². The number of nitrogens with zero attached hydrogens (tertiary/aromatic N) is 2. The minimum Gasteiger partial charge on any atom is -0.848 e. The van der Waals surface area contributed by atoms with Crippen LogP contribution in [0.25, 0.3) is 0 Å². The van der Waals surface area contributed by atoms with Crippen molar-refractivity contribution in [2.75, 3.05) is 0 Å². The van der Waals surface area contributed by atoms with E-state index >= 15 is 0 Å². The first-order chi connectivity index (χ1) is 3.64. The summed E-state index contributed by atoms with van der Waals surface area (Å²) in [6, 6.07) is 0. The zero-order chi connectivity index (χ0) is 6.31. The Morgan fingerprint density at radius 2 is 1.25 bits per heavy atom. The topological polar surface area (TPSA) is 92.4 Å². The molecule has 4 radical (unpaired) electrons. The van der Waals surface area contributed by atoms with Crippen LogP contribution in [-0.4, -0.2) is 24.1 Å². The molecule has 0 atom stereocenters. The van der Waals surface area contributed by atoms with Gasteiger partial charge >= 0.3 is 14.4 Å². The Labute approximate surface area is 45.8 Å². The Bertz CT molecular complexity index is 66.0. The molecule has 0 spiro atoms. The first-order valence-corrected chi connectivity index (χ1v) is 2.21. The van der Waals surface area contributed by atoms with Crippen molar-refractivity contribution in [3.63, 3.8) is 0 Å². The van der Waals surface area contributed by atoms with Crippen molar-refractivity contribution in [1.29, 1.82) is 0 Å². The molecule has 8 heavy (non-hydrogen) atoms. The molecule has 1 aliphatic rings. The summed E-state index contributed by atoms with van der Waals surface area (Å²) in [6.07, 6.45) is 0. The van der Waals surface area contributed by atoms with Crippen LogP contribution in [-0.2, 0) is 10.0 Å². The fourth-order valence-electron chi connectivity index (χ4n) is 0.548. The molecule has 0 bridgehead atoms. The Morgan fingerprint density at radius 1 is 1.00 bits per heavy atom. The van der Waals surface area contributed by atoms with Crippen LogP contribution in [0, 0.1) is 10.4 Å². The molecule has 0 aromatic rings. The van der Waals surface area contributed by atoms with Crippen molar-refractivity contribution in [3.8, 4) is 0 Å². The predicted molar refractivity (Wildman–Crippen MR) is 26.1 cm³/mol. The van der Waals surface area contributed by atoms with Gasteiger partial charge in [0.2, 0.25) is 0 Å². The summed E-state index contributed by atoms with van der Waals surface area (Å²) in [4.78, 5) is -0.347. The Morgan fingerprint density at radius 3 is 1.38 bits per heavy atom. The van der Waals surface area contributed by atoms with E-state index in [-0.39, 0.29) is 9.77 Å². The molecule has 0 amide bonds. The maximum Gasteiger partial charge on any atom is 0.524 e. The first kappa shape index (κ1) is 6.02. The van der Waals surface area contributed by atoms with Gasteiger partial charge in [-0.1, -0.05) is 0 Å². The van der Waals surface area contributed by atoms with Crippen molar-refractivity contribution in [2.45, 2.75) is 0 Å². The second kappa shape index (κ2) is 1.69. The van der Waals surface area contributed by atoms with Gasteiger partial charge in [0, 0.05) is 0 Å². The third-order valence-electron chi connectivity index (χ3n) is 1.21. The minimum atomic E-state index is -2.71. The van der Waals surface area contributed by atoms with Gasteiger partial charge in [-0.2, -0.15) is 0 Å². The van der Waals surface area contributed by atoms with Crippen molar-refractivity contribution < 1.29 is 10.0 Å². The van der Waals surface area contributed by atoms with Gasteiger partial charge in [-0.3, -0.25) is 0 Å². The second-order valence-corrected chi connectivity index (χ2v) is 1.76. The highest BCUT2D eigenvalue weighted by Gasteiger charge is 2.43. The molecule has 1 fully saturated rings. The van der Waals surface area contributed by atoms with E-state index < -0.39 is 14.4 Å². The smallest absolute Gasteiger partial charge is 0.524 e. The molecule has 1 rings (SSSR count). The van der Waals surface area contributed by atoms with Crippen LogP contribution in [0.4, 0.5) is 0 Å². The van der Waals surface area contributed by atoms with E-state index in [0.717, 1.165) is 0 Å². The first-order valence-electron chi connectivity index (χ1n) is 2.21. The summed E-state index contributed by atoms with van der Waals surface area (Å²) < 4.78 is 0. The van der Waals surface area contributed by atoms with Crippen LogP contribution in [0.3, 0.4) is 0 Å². The highest BCUT2D eigenvalue weighted by atomic mass is 16.6. The monoisotopic (exact) mass is 116 g/mol. The minimum absolute atomic E-state index is 0.174. The van der Waals surface area contributed by atoms with E-state index in [4.69, 9.17) is 0 Å². The van der Waals surface area contributed by atoms with E-state index in [1.807, 2.05) is 0 Å². The maximum absolute atomic E-state index is 9.99. The van der Waals surface area contributed by atoms with Gasteiger partial charge in [0.15, 0.2) is 0 Å². The molecule has 1 heterocycles. The quantitative estimate of drug-likeness (QED) is 0.267. The predicted octanol–water partition coefficient (Wildman–Crippen LogP) is -2.10. The lowest BCUT2D eigenvalue weighted by molar-refractivity contribution is 0.258. The van der Waals surface area contributed by atoms with Crippen molar-refractivity contribution >= 4 is 14.4 Å². The molecule has 0 unspecified atom stereocenters. The largest absolute Gasteiger partial charge is 0.848 e. The zero-order valence-corrected chi connectivity index (χ0v) is 3.94. The summed E-state index contributed by atoms with van der Waals surface area (Å²) >= 11 is 0. The molecule has 0 N–H and O–H groups in total. The third-order valence-corrected chi connectivity index (χ3v) is 1.21. The summed E-state index contributed by atoms with van der Waals surface area (Å²) in [5, 5.41) is 39.8. The van der Waals surface area contributed by atoms with Crippen molar-refractivity contribution in [3.05, 3.63) is 10.4 Å². The Kier molecular flexibility index (Phi) is 1.27. The number of rotatable bonds is 0. The second-order valence-electron chi connectivity index (χ2n) is 1.76. The van der Waals surface area contributed by atoms with Crippen molar-refractivity contribution in [2.24, 2.45) is 0 Å². The van der Waals surface area contributed by atoms with Crippen LogP contribution in [0.2, 0.25) is 0 Å². The van der Waals surface area contributed by atoms with E-state index in [1.54, 1.807) is 0 Å². The lowest BCUT2D eigenvalue weighted by atomic mass is 9.69. The average molecular weight is 116 g/mol. The van der Waals surface area contributed by atoms with Gasteiger partial charge in [0.25, 0.3) is 0 Å². The number of hydrogen-bond donors (Lipinski definition) is 0. The van der Waals surface area contributed by atoms with Crippen LogP contribution < -0.4 is 0 Å². The molecular weight excluding hydrogens is 114 g/mol. The molecule has 0 aromatic carbocycles. The highest BCUT2D eigenvalue weighted by molar-refractivity contribution is 6.78. The molecule has 1 saturated heterocycles. The SMILES string of the molecule is [O+][BH-]1N([O-])[BH-]([O+])N1[O-]. The van der Waals surface area contributed by atoms with Crippen LogP contribution >= 0.6 is 0 Å². The van der Waals surface area contributed by atoms with Crippen LogP contribution in [0.1, 0.15) is 0 Å². The molecular formula is H2B2N2O4-2. The molecule has 1 aliphatic heterocycles. The van der Waals surface area contributed by atoms with Gasteiger partial charge in [-0.25, -0.2) is 0 Å². The van der Waals surface area contributed by atoms with Gasteiger partial charge < -0.3 is 20.2 Å². The van der Waals surface area contributed by atoms with E-state index in [0.29, 0.717) is 0 Å². The maximum atomic E-state index is 9.99. The summed E-state index contributed by atoms with van der Waals surface area (Å²) in [7, 11) is -5.42. The average Bonchev–Trinajstić information content (AvgIpc) is 1.83. The molecule has 44 valence electrons. The molecule has 6 nitrogen and oxygen atoms in total. The van der Waals surface area contributed by atoms with Gasteiger partial charge in [-0.05, 0) is 10.0 Å². The van der Waals surface area contributed by atoms with Crippen LogP contribution in [0.5, 0.6) is 0 Å². The Hall–Kier alpha value is -0.110. The fraction of sp³-hybridized carbons (Fsp3) is 0. The molecule has 0 saturated carbocycles. The van der Waals surface area contributed by atoms with Crippen LogP contribution in [0.15, 0.2) is 0 Å². The Balaban J connectivity index is 2.42. The summed E-state index contributed by atoms with van der Waals surface area (Å²) in [5.41, 5.74) is 0. The van der Waals surface area contributed by atoms with E-state index in [1.165, 1.54) is 0 Å². The molecule has 0 aliphatic carbocycles. The molecule has 8 heteroatoms. The summed E-state index contributed by atoms with van der Waals surface area (Å²) in [5.74, 6) is 0. The number of hydrogen-bond acceptors (Lipinski definition) is 4. The van der Waals surface area contributed by atoms with Crippen molar-refractivity contribution in [1.82, 2.24) is 9.77 Å². The lowest BCUT2D eigenvalue weighted by Crippen LogP contribution is -2.72. The van der Waals surface area contributed by atoms with E-state index in [2.05, 4.69) is 0 Å². The van der Waals surface area contributed by atoms with Gasteiger partial charge in [-0.15, -0.1) is 0 Å². The normalized spacial score (nSPS) is 42.0. The fourth-order valence-corrected chi connectivity index (χ4v) is 0.548. The summed E-state index contributed by atoms with van der Waals surface area (Å²) in [6.45, 7) is 0. The molecule has 0 aromatic heterocycles. The van der Waals surface area contributed by atoms with Gasteiger partial charge in [0.05, 0.1) is 0 Å². The lowest BCUT2D eigenvalue weighted by Gasteiger charge is -2.60. The highest BCUT2D eigenvalue weighted by Crippen LogP contribution is 2.12. The standard InChI is InChI=1S/B2H2N2O4/c5-1-3(7)2(6)4(1)8/h1-2H/q-2. The van der Waals surface area contributed by atoms with Gasteiger partial charge in [0.1, 0.15) is 0 Å².